The van der Waals surface area contributed by atoms with Crippen LogP contribution >= 0.6 is 0 Å². The lowest BCUT2D eigenvalue weighted by molar-refractivity contribution is -0.180. The zero-order valence-corrected chi connectivity index (χ0v) is 44.3. The number of aliphatic imine (C=N–C) groups is 1. The zero-order valence-electron chi connectivity index (χ0n) is 44.3. The molecule has 26 heteroatoms. The number of carbonyl (C=O) groups excluding carboxylic acids is 3. The van der Waals surface area contributed by atoms with Crippen LogP contribution in [-0.2, 0) is 66.6 Å². The number of benzene rings is 1. The molecule has 0 radical (unpaired) electrons. The second-order valence-electron chi connectivity index (χ2n) is 16.5. The molecular weight excluding hydrogens is 1040 g/mol. The topological polar surface area (TPSA) is 253 Å². The molecule has 0 saturated carbocycles. The van der Waals surface area contributed by atoms with Crippen LogP contribution < -0.4 is 21.1 Å². The monoisotopic (exact) mass is 1110 g/mol. The number of hydroxylamine groups is 2. The Labute approximate surface area is 451 Å². The molecule has 78 heavy (non-hydrogen) atoms. The number of amides is 2. The van der Waals surface area contributed by atoms with Gasteiger partial charge in [-0.2, -0.15) is 8.78 Å². The number of halogens is 4. The van der Waals surface area contributed by atoms with Gasteiger partial charge < -0.3 is 68.5 Å². The number of nitrogens with two attached hydrogens (primary N) is 1. The van der Waals surface area contributed by atoms with Gasteiger partial charge >= 0.3 is 5.97 Å². The van der Waals surface area contributed by atoms with Gasteiger partial charge in [-0.25, -0.2) is 23.8 Å². The van der Waals surface area contributed by atoms with Gasteiger partial charge in [-0.3, -0.25) is 24.2 Å². The number of pyridine rings is 2. The summed E-state index contributed by atoms with van der Waals surface area (Å²) in [6, 6.07) is 5.62. The van der Waals surface area contributed by atoms with E-state index < -0.39 is 41.4 Å². The summed E-state index contributed by atoms with van der Waals surface area (Å²) in [5.74, 6) is -9.01. The highest BCUT2D eigenvalue weighted by molar-refractivity contribution is 6.05. The molecule has 1 aliphatic rings. The highest BCUT2D eigenvalue weighted by atomic mass is 19.2. The van der Waals surface area contributed by atoms with Gasteiger partial charge in [0.15, 0.2) is 11.6 Å². The van der Waals surface area contributed by atoms with Gasteiger partial charge in [0.2, 0.25) is 23.3 Å². The van der Waals surface area contributed by atoms with Gasteiger partial charge in [0, 0.05) is 62.1 Å². The summed E-state index contributed by atoms with van der Waals surface area (Å²) in [6.07, 6.45) is 5.84. The van der Waals surface area contributed by atoms with Crippen LogP contribution in [0.15, 0.2) is 47.2 Å². The number of nitrogens with one attached hydrogen (secondary N) is 2. The summed E-state index contributed by atoms with van der Waals surface area (Å²) in [5, 5.41) is 7.45. The minimum Gasteiger partial charge on any atom is -0.420 e. The van der Waals surface area contributed by atoms with Crippen LogP contribution in [0.25, 0.3) is 17.2 Å². The van der Waals surface area contributed by atoms with E-state index in [0.29, 0.717) is 154 Å². The molecule has 22 nitrogen and oxygen atoms in total. The lowest BCUT2D eigenvalue weighted by atomic mass is 10.1. The summed E-state index contributed by atoms with van der Waals surface area (Å²) < 4.78 is 112. The fourth-order valence-corrected chi connectivity index (χ4v) is 6.70. The fourth-order valence-electron chi connectivity index (χ4n) is 6.70. The number of amidine groups is 1. The standard InChI is InChI=1S/C52H73F4N7O15/c1-3-11-63(77-4-2)52(66)39-32-43-44(62-45(57)34-39)33-40(37-61-43)38-5-8-58-46(35-38)59-9-10-60-47(64)6-12-67-14-16-69-18-20-71-22-24-73-26-28-75-30-31-76-29-27-74-25-23-72-21-19-70-17-15-68-13-7-48(65)78-51-49(55)41(53)36-42(54)50(51)56/h5,8,32-33,35-37H,3-4,6-7,9-31,34H2,1-2H3,(H2,57,62)(H,58,59)(H,60,64). The van der Waals surface area contributed by atoms with Crippen molar-refractivity contribution in [1.82, 2.24) is 20.3 Å². The molecule has 4 rings (SSSR count). The quantitative estimate of drug-likeness (QED) is 0.0173. The number of nitrogens with zero attached hydrogens (tertiary/aromatic N) is 4. The maximum absolute atomic E-state index is 13.6. The second kappa shape index (κ2) is 39.6. The van der Waals surface area contributed by atoms with Crippen LogP contribution in [0.1, 0.15) is 45.2 Å². The number of fused-ring (bicyclic) bond motifs is 1. The lowest BCUT2D eigenvalue weighted by Gasteiger charge is -2.21. The van der Waals surface area contributed by atoms with Crippen molar-refractivity contribution >= 4 is 41.2 Å². The van der Waals surface area contributed by atoms with E-state index in [1.54, 1.807) is 18.5 Å². The molecule has 0 aliphatic carbocycles. The molecule has 2 aromatic heterocycles. The van der Waals surface area contributed by atoms with E-state index in [1.807, 2.05) is 32.0 Å². The molecule has 4 N–H and O–H groups in total. The summed E-state index contributed by atoms with van der Waals surface area (Å²) >= 11 is 0. The summed E-state index contributed by atoms with van der Waals surface area (Å²) in [7, 11) is 0. The van der Waals surface area contributed by atoms with Crippen molar-refractivity contribution < 1.29 is 88.9 Å². The maximum Gasteiger partial charge on any atom is 0.313 e. The molecule has 0 spiro atoms. The Morgan fingerprint density at radius 3 is 1.63 bits per heavy atom. The normalized spacial score (nSPS) is 12.2. The predicted octanol–water partition coefficient (Wildman–Crippen LogP) is 4.75. The molecule has 0 saturated heterocycles. The highest BCUT2D eigenvalue weighted by Crippen LogP contribution is 2.31. The van der Waals surface area contributed by atoms with Crippen molar-refractivity contribution in [2.75, 3.05) is 164 Å². The Morgan fingerprint density at radius 2 is 1.13 bits per heavy atom. The molecule has 3 heterocycles. The first kappa shape index (κ1) is 64.7. The van der Waals surface area contributed by atoms with Crippen molar-refractivity contribution in [3.63, 3.8) is 0 Å². The van der Waals surface area contributed by atoms with Crippen LogP contribution in [0.5, 0.6) is 5.75 Å². The number of carbonyl (C=O) groups is 3. The van der Waals surface area contributed by atoms with Gasteiger partial charge in [-0.1, -0.05) is 6.92 Å². The predicted molar refractivity (Wildman–Crippen MR) is 276 cm³/mol. The second-order valence-corrected chi connectivity index (χ2v) is 16.5. The Morgan fingerprint density at radius 1 is 0.628 bits per heavy atom. The number of rotatable bonds is 44. The van der Waals surface area contributed by atoms with E-state index in [2.05, 4.69) is 30.3 Å². The van der Waals surface area contributed by atoms with E-state index in [0.717, 1.165) is 17.5 Å². The first-order valence-electron chi connectivity index (χ1n) is 25.8. The Balaban J connectivity index is 0.853. The van der Waals surface area contributed by atoms with Crippen molar-refractivity contribution in [1.29, 1.82) is 0 Å². The van der Waals surface area contributed by atoms with E-state index in [1.165, 1.54) is 5.06 Å². The summed E-state index contributed by atoms with van der Waals surface area (Å²) in [4.78, 5) is 56.3. The van der Waals surface area contributed by atoms with Gasteiger partial charge in [0.05, 0.1) is 157 Å². The van der Waals surface area contributed by atoms with Gasteiger partial charge in [0.25, 0.3) is 5.91 Å². The molecule has 0 unspecified atom stereocenters. The Bertz CT molecular complexity index is 2270. The zero-order chi connectivity index (χ0) is 56.0. The average molecular weight is 1110 g/mol. The first-order valence-corrected chi connectivity index (χ1v) is 25.8. The minimum atomic E-state index is -1.80. The smallest absolute Gasteiger partial charge is 0.313 e. The van der Waals surface area contributed by atoms with Gasteiger partial charge in [0.1, 0.15) is 11.7 Å². The van der Waals surface area contributed by atoms with E-state index in [4.69, 9.17) is 57.9 Å². The molecule has 434 valence electrons. The summed E-state index contributed by atoms with van der Waals surface area (Å²) in [6.45, 7) is 12.0. The molecule has 0 bridgehead atoms. The van der Waals surface area contributed by atoms with Crippen molar-refractivity contribution in [2.24, 2.45) is 10.7 Å². The minimum absolute atomic E-state index is 0.0139. The van der Waals surface area contributed by atoms with Crippen molar-refractivity contribution in [3.8, 4) is 16.9 Å². The molecule has 1 aliphatic heterocycles. The van der Waals surface area contributed by atoms with Gasteiger partial charge in [-0.15, -0.1) is 0 Å². The Kier molecular flexibility index (Phi) is 32.8. The van der Waals surface area contributed by atoms with E-state index >= 15 is 0 Å². The number of aromatic nitrogens is 2. The number of hydrogen-bond acceptors (Lipinski definition) is 20. The van der Waals surface area contributed by atoms with Crippen LogP contribution in [0.2, 0.25) is 0 Å². The molecule has 3 aromatic rings. The number of ether oxygens (including phenoxy) is 11. The number of esters is 1. The SMILES string of the molecule is CCCN(OCC)C(=O)C1=Cc2ncc(-c3ccnc(NCCNC(=O)CCOCCOCCOCCOCCOCCOCCOCCOCCOCCOCCC(=O)Oc4c(F)c(F)cc(F)c4F)c3)cc2N=C(N)C1. The van der Waals surface area contributed by atoms with Crippen LogP contribution in [0, 0.1) is 23.3 Å². The average Bonchev–Trinajstić information content (AvgIpc) is 3.65. The molecular formula is C52H73F4N7O15. The molecule has 2 amide bonds. The third-order valence-electron chi connectivity index (χ3n) is 10.5. The Hall–Kier alpha value is -5.78. The lowest BCUT2D eigenvalue weighted by Crippen LogP contribution is -2.34. The third kappa shape index (κ3) is 26.2. The summed E-state index contributed by atoms with van der Waals surface area (Å²) in [5.41, 5.74) is 9.41. The van der Waals surface area contributed by atoms with E-state index in [-0.39, 0.29) is 63.8 Å². The maximum atomic E-state index is 13.6. The highest BCUT2D eigenvalue weighted by Gasteiger charge is 2.24. The number of hydrogen-bond donors (Lipinski definition) is 3. The van der Waals surface area contributed by atoms with Crippen molar-refractivity contribution in [3.05, 3.63) is 71.2 Å². The van der Waals surface area contributed by atoms with Crippen LogP contribution in [0.4, 0.5) is 29.1 Å². The fraction of sp³-hybridized carbons (Fsp3) is 0.577. The van der Waals surface area contributed by atoms with E-state index in [9.17, 15) is 31.9 Å². The van der Waals surface area contributed by atoms with Crippen molar-refractivity contribution in [2.45, 2.75) is 39.5 Å². The third-order valence-corrected chi connectivity index (χ3v) is 10.5. The molecule has 0 fully saturated rings. The largest absolute Gasteiger partial charge is 0.420 e. The van der Waals surface area contributed by atoms with Crippen LogP contribution in [-0.4, -0.2) is 197 Å². The first-order chi connectivity index (χ1) is 38.0. The van der Waals surface area contributed by atoms with Crippen LogP contribution in [0.3, 0.4) is 0 Å². The molecule has 0 atom stereocenters. The van der Waals surface area contributed by atoms with Gasteiger partial charge in [-0.05, 0) is 43.2 Å². The molecule has 1 aromatic carbocycles. The number of anilines is 1.